The molecule has 3 saturated heterocycles. The molecule has 12 nitrogen and oxygen atoms in total. The van der Waals surface area contributed by atoms with Gasteiger partial charge in [0, 0.05) is 74.6 Å². The molecule has 0 unspecified atom stereocenters. The Balaban J connectivity index is 1.04. The van der Waals surface area contributed by atoms with E-state index in [4.69, 9.17) is 9.97 Å². The molecule has 5 aliphatic rings. The number of pyridine rings is 2. The average molecular weight is 762 g/mol. The quantitative estimate of drug-likeness (QED) is 0.229. The van der Waals surface area contributed by atoms with E-state index in [-0.39, 0.29) is 41.4 Å². The molecule has 0 atom stereocenters. The number of anilines is 3. The van der Waals surface area contributed by atoms with Crippen molar-refractivity contribution in [3.05, 3.63) is 60.4 Å². The fraction of sp³-hybridized carbons (Fsp3) is 0.535. The van der Waals surface area contributed by atoms with Crippen LogP contribution in [0.15, 0.2) is 49.1 Å². The van der Waals surface area contributed by atoms with Gasteiger partial charge in [-0.1, -0.05) is 18.6 Å². The Morgan fingerprint density at radius 3 is 2.38 bits per heavy atom. The lowest BCUT2D eigenvalue weighted by Crippen LogP contribution is -2.58. The third-order valence-corrected chi connectivity index (χ3v) is 13.4. The van der Waals surface area contributed by atoms with E-state index in [0.717, 1.165) is 53.8 Å². The van der Waals surface area contributed by atoms with Crippen molar-refractivity contribution >= 4 is 45.9 Å². The number of carbonyl (C=O) groups excluding carboxylic acids is 3. The smallest absolute Gasteiger partial charge is 0.238 e. The van der Waals surface area contributed by atoms with Gasteiger partial charge in [0.05, 0.1) is 34.8 Å². The van der Waals surface area contributed by atoms with Crippen LogP contribution in [-0.2, 0) is 19.8 Å². The van der Waals surface area contributed by atoms with Crippen molar-refractivity contribution in [3.8, 4) is 11.3 Å². The molecule has 0 bridgehead atoms. The van der Waals surface area contributed by atoms with Gasteiger partial charge in [-0.2, -0.15) is 0 Å². The Hall–Kier alpha value is -4.91. The summed E-state index contributed by atoms with van der Waals surface area (Å²) >= 11 is 0. The highest BCUT2D eigenvalue weighted by molar-refractivity contribution is 6.09. The Bertz CT molecular complexity index is 2160. The van der Waals surface area contributed by atoms with Crippen molar-refractivity contribution in [3.63, 3.8) is 0 Å². The minimum absolute atomic E-state index is 0.0614. The van der Waals surface area contributed by atoms with Crippen LogP contribution in [0.5, 0.6) is 0 Å². The van der Waals surface area contributed by atoms with Gasteiger partial charge in [0.25, 0.3) is 0 Å². The van der Waals surface area contributed by atoms with Crippen molar-refractivity contribution in [1.82, 2.24) is 34.2 Å². The van der Waals surface area contributed by atoms with Crippen molar-refractivity contribution in [2.24, 2.45) is 5.92 Å². The van der Waals surface area contributed by atoms with Crippen LogP contribution >= 0.6 is 0 Å². The summed E-state index contributed by atoms with van der Waals surface area (Å²) in [5.41, 5.74) is 4.60. The van der Waals surface area contributed by atoms with Gasteiger partial charge in [-0.3, -0.25) is 19.4 Å². The van der Waals surface area contributed by atoms with Crippen molar-refractivity contribution in [1.29, 1.82) is 0 Å². The van der Waals surface area contributed by atoms with E-state index >= 15 is 4.79 Å². The van der Waals surface area contributed by atoms with Crippen LogP contribution in [0, 0.1) is 11.7 Å². The second-order valence-electron chi connectivity index (χ2n) is 16.9. The predicted octanol–water partition coefficient (Wildman–Crippen LogP) is 6.44. The molecule has 1 saturated carbocycles. The Morgan fingerprint density at radius 2 is 1.68 bits per heavy atom. The molecule has 4 fully saturated rings. The van der Waals surface area contributed by atoms with E-state index in [2.05, 4.69) is 52.1 Å². The first-order chi connectivity index (χ1) is 27.1. The summed E-state index contributed by atoms with van der Waals surface area (Å²) in [7, 11) is 0. The van der Waals surface area contributed by atoms with Crippen LogP contribution in [-0.4, -0.2) is 103 Å². The number of hydrogen-bond donors (Lipinski definition) is 1. The number of rotatable bonds is 7. The standard InChI is InChI=1S/C43H52FN9O3/c1-27(2)52-26-46-37-24-36(48-40(39(37)52)47-35-9-14-45-25-34(35)44)30-7-8-33-38(21-30)53(32-22-31(23-32)50-15-5-4-6-16-50)42(56)43(33)12-19-51(20-13-43)41(55)29-10-17-49(18-11-29)28(3)54/h7-9,14,21,24-27,29,31-32H,4-6,10-13,15-20,22-23H2,1-3H3,(H,45,47,48). The van der Waals surface area contributed by atoms with E-state index in [0.29, 0.717) is 69.4 Å². The van der Waals surface area contributed by atoms with Crippen LogP contribution < -0.4 is 10.2 Å². The molecular formula is C43H52FN9O3. The number of halogens is 1. The Morgan fingerprint density at radius 1 is 0.929 bits per heavy atom. The molecular weight excluding hydrogens is 710 g/mol. The average Bonchev–Trinajstić information content (AvgIpc) is 3.73. The van der Waals surface area contributed by atoms with Gasteiger partial charge in [-0.25, -0.2) is 14.4 Å². The maximum atomic E-state index is 15.0. The monoisotopic (exact) mass is 761 g/mol. The first-order valence-corrected chi connectivity index (χ1v) is 20.6. The highest BCUT2D eigenvalue weighted by Gasteiger charge is 2.56. The predicted molar refractivity (Wildman–Crippen MR) is 213 cm³/mol. The molecule has 3 aromatic heterocycles. The summed E-state index contributed by atoms with van der Waals surface area (Å²) < 4.78 is 16.9. The lowest BCUT2D eigenvalue weighted by Gasteiger charge is -2.48. The van der Waals surface area contributed by atoms with E-state index < -0.39 is 11.2 Å². The van der Waals surface area contributed by atoms with Crippen LogP contribution in [0.3, 0.4) is 0 Å². The van der Waals surface area contributed by atoms with Crippen molar-refractivity contribution in [2.45, 2.75) is 102 Å². The van der Waals surface area contributed by atoms with Crippen LogP contribution in [0.1, 0.15) is 90.2 Å². The highest BCUT2D eigenvalue weighted by Crippen LogP contribution is 2.52. The highest BCUT2D eigenvalue weighted by atomic mass is 19.1. The first-order valence-electron chi connectivity index (χ1n) is 20.6. The number of likely N-dealkylation sites (tertiary alicyclic amines) is 3. The lowest BCUT2D eigenvalue weighted by atomic mass is 9.73. The third kappa shape index (κ3) is 6.31. The number of imidazole rings is 1. The summed E-state index contributed by atoms with van der Waals surface area (Å²) in [5.74, 6) is 0.301. The Kier molecular flexibility index (Phi) is 9.54. The molecule has 294 valence electrons. The Labute approximate surface area is 327 Å². The minimum Gasteiger partial charge on any atom is -0.343 e. The number of aromatic nitrogens is 4. The van der Waals surface area contributed by atoms with Gasteiger partial charge < -0.3 is 29.5 Å². The number of hydrogen-bond acceptors (Lipinski definition) is 8. The van der Waals surface area contributed by atoms with Gasteiger partial charge in [-0.15, -0.1) is 0 Å². The second kappa shape index (κ2) is 14.5. The zero-order valence-corrected chi connectivity index (χ0v) is 32.7. The molecule has 13 heteroatoms. The normalized spacial score (nSPS) is 22.9. The lowest BCUT2D eigenvalue weighted by molar-refractivity contribution is -0.142. The molecule has 4 aromatic rings. The van der Waals surface area contributed by atoms with Gasteiger partial charge in [0.1, 0.15) is 5.52 Å². The van der Waals surface area contributed by atoms with Crippen molar-refractivity contribution < 1.29 is 18.8 Å². The van der Waals surface area contributed by atoms with E-state index in [1.54, 1.807) is 25.5 Å². The molecule has 1 N–H and O–H groups in total. The van der Waals surface area contributed by atoms with Gasteiger partial charge in [-0.05, 0) is 102 Å². The molecule has 0 radical (unpaired) electrons. The van der Waals surface area contributed by atoms with E-state index in [1.165, 1.54) is 25.5 Å². The number of nitrogens with zero attached hydrogens (tertiary/aromatic N) is 8. The fourth-order valence-electron chi connectivity index (χ4n) is 10.0. The van der Waals surface area contributed by atoms with Crippen LogP contribution in [0.2, 0.25) is 0 Å². The maximum Gasteiger partial charge on any atom is 0.238 e. The molecule has 4 aliphatic heterocycles. The van der Waals surface area contributed by atoms with E-state index in [9.17, 15) is 14.0 Å². The molecule has 1 spiro atoms. The minimum atomic E-state index is -0.697. The fourth-order valence-corrected chi connectivity index (χ4v) is 10.0. The SMILES string of the molecule is CC(=O)N1CCC(C(=O)N2CCC3(CC2)C(=O)N(C2CC(N4CCCCC4)C2)c2cc(-c4cc5ncn(C(C)C)c5c(Nc5ccncc5F)n4)ccc23)CC1. The van der Waals surface area contributed by atoms with E-state index in [1.807, 2.05) is 20.4 Å². The summed E-state index contributed by atoms with van der Waals surface area (Å²) in [6.07, 6.45) is 12.7. The molecule has 56 heavy (non-hydrogen) atoms. The summed E-state index contributed by atoms with van der Waals surface area (Å²) in [6, 6.07) is 10.6. The second-order valence-corrected chi connectivity index (χ2v) is 16.9. The van der Waals surface area contributed by atoms with Crippen LogP contribution in [0.4, 0.5) is 21.6 Å². The summed E-state index contributed by atoms with van der Waals surface area (Å²) in [5, 5.41) is 3.23. The summed E-state index contributed by atoms with van der Waals surface area (Å²) in [6.45, 7) is 10.3. The first kappa shape index (κ1) is 36.7. The topological polar surface area (TPSA) is 120 Å². The molecule has 7 heterocycles. The number of amides is 3. The zero-order chi connectivity index (χ0) is 38.7. The summed E-state index contributed by atoms with van der Waals surface area (Å²) in [4.78, 5) is 62.9. The number of piperidine rings is 3. The van der Waals surface area contributed by atoms with Crippen molar-refractivity contribution in [2.75, 3.05) is 49.5 Å². The molecule has 1 aromatic carbocycles. The number of benzene rings is 1. The molecule has 1 aliphatic carbocycles. The van der Waals surface area contributed by atoms with Gasteiger partial charge in [0.2, 0.25) is 17.7 Å². The third-order valence-electron chi connectivity index (χ3n) is 13.4. The zero-order valence-electron chi connectivity index (χ0n) is 32.7. The number of nitrogens with one attached hydrogen (secondary N) is 1. The van der Waals surface area contributed by atoms with Crippen LogP contribution in [0.25, 0.3) is 22.3 Å². The molecule has 9 rings (SSSR count). The number of fused-ring (bicyclic) bond motifs is 3. The maximum absolute atomic E-state index is 15.0. The largest absolute Gasteiger partial charge is 0.343 e. The molecule has 3 amide bonds. The van der Waals surface area contributed by atoms with Gasteiger partial charge >= 0.3 is 0 Å². The van der Waals surface area contributed by atoms with Gasteiger partial charge in [0.15, 0.2) is 11.6 Å². The number of carbonyl (C=O) groups is 3.